The van der Waals surface area contributed by atoms with Gasteiger partial charge in [0.25, 0.3) is 5.91 Å². The third kappa shape index (κ3) is 5.15. The van der Waals surface area contributed by atoms with Gasteiger partial charge in [0.05, 0.1) is 17.7 Å². The SMILES string of the molecule is Cc1cc(C)c(S(=O)(=O)N(C)CC(=O)N/N=C\c2ccc(O)cc2)c(C)c1. The molecule has 0 unspecified atom stereocenters. The Bertz CT molecular complexity index is 944. The number of carbonyl (C=O) groups is 1. The molecule has 2 aromatic rings. The Hall–Kier alpha value is -2.71. The van der Waals surface area contributed by atoms with Crippen molar-refractivity contribution in [2.45, 2.75) is 25.7 Å². The molecule has 0 atom stereocenters. The topological polar surface area (TPSA) is 99.1 Å². The van der Waals surface area contributed by atoms with Gasteiger partial charge in [-0.3, -0.25) is 4.79 Å². The fourth-order valence-electron chi connectivity index (χ4n) is 2.79. The molecule has 0 spiro atoms. The minimum atomic E-state index is -3.80. The molecular formula is C19H23N3O4S. The lowest BCUT2D eigenvalue weighted by molar-refractivity contribution is -0.121. The van der Waals surface area contributed by atoms with Gasteiger partial charge in [-0.05, 0) is 61.7 Å². The van der Waals surface area contributed by atoms with Crippen LogP contribution in [0.3, 0.4) is 0 Å². The predicted octanol–water partition coefficient (Wildman–Crippen LogP) is 2.09. The Morgan fingerprint density at radius 3 is 2.26 bits per heavy atom. The number of hydrogen-bond donors (Lipinski definition) is 2. The van der Waals surface area contributed by atoms with Crippen molar-refractivity contribution < 1.29 is 18.3 Å². The van der Waals surface area contributed by atoms with Crippen LogP contribution in [0.4, 0.5) is 0 Å². The van der Waals surface area contributed by atoms with Gasteiger partial charge in [0.15, 0.2) is 0 Å². The molecule has 0 saturated carbocycles. The third-order valence-electron chi connectivity index (χ3n) is 3.94. The summed E-state index contributed by atoms with van der Waals surface area (Å²) in [6, 6.07) is 9.85. The van der Waals surface area contributed by atoms with E-state index in [9.17, 15) is 18.3 Å². The van der Waals surface area contributed by atoms with Crippen molar-refractivity contribution in [3.05, 3.63) is 58.7 Å². The van der Waals surface area contributed by atoms with Crippen molar-refractivity contribution in [1.29, 1.82) is 0 Å². The van der Waals surface area contributed by atoms with Crippen molar-refractivity contribution >= 4 is 22.1 Å². The number of phenolic OH excluding ortho intramolecular Hbond substituents is 1. The van der Waals surface area contributed by atoms with Crippen LogP contribution in [0.15, 0.2) is 46.4 Å². The van der Waals surface area contributed by atoms with E-state index in [-0.39, 0.29) is 17.2 Å². The molecule has 27 heavy (non-hydrogen) atoms. The van der Waals surface area contributed by atoms with E-state index in [2.05, 4.69) is 10.5 Å². The maximum absolute atomic E-state index is 12.8. The van der Waals surface area contributed by atoms with Gasteiger partial charge >= 0.3 is 0 Å². The van der Waals surface area contributed by atoms with E-state index in [1.807, 2.05) is 6.92 Å². The second-order valence-electron chi connectivity index (χ2n) is 6.37. The summed E-state index contributed by atoms with van der Waals surface area (Å²) in [5.41, 5.74) is 5.25. The van der Waals surface area contributed by atoms with Crippen molar-refractivity contribution in [2.24, 2.45) is 5.10 Å². The number of amides is 1. The first-order chi connectivity index (χ1) is 12.6. The van der Waals surface area contributed by atoms with E-state index >= 15 is 0 Å². The van der Waals surface area contributed by atoms with Crippen LogP contribution in [0.25, 0.3) is 0 Å². The van der Waals surface area contributed by atoms with E-state index in [0.717, 1.165) is 9.87 Å². The summed E-state index contributed by atoms with van der Waals surface area (Å²) in [7, 11) is -2.44. The summed E-state index contributed by atoms with van der Waals surface area (Å²) in [6.45, 7) is 5.02. The molecule has 8 heteroatoms. The molecule has 0 bridgehead atoms. The second-order valence-corrected chi connectivity index (χ2v) is 8.36. The van der Waals surface area contributed by atoms with E-state index in [0.29, 0.717) is 16.7 Å². The molecule has 0 aliphatic rings. The molecule has 144 valence electrons. The first kappa shape index (κ1) is 20.6. The molecule has 2 N–H and O–H groups in total. The molecule has 0 radical (unpaired) electrons. The van der Waals surface area contributed by atoms with Gasteiger partial charge in [0.2, 0.25) is 10.0 Å². The number of rotatable bonds is 6. The number of nitrogens with zero attached hydrogens (tertiary/aromatic N) is 2. The fraction of sp³-hybridized carbons (Fsp3) is 0.263. The summed E-state index contributed by atoms with van der Waals surface area (Å²) in [4.78, 5) is 12.2. The van der Waals surface area contributed by atoms with E-state index in [1.54, 1.807) is 38.1 Å². The molecule has 0 heterocycles. The summed E-state index contributed by atoms with van der Waals surface area (Å²) < 4.78 is 26.7. The number of likely N-dealkylation sites (N-methyl/N-ethyl adjacent to an activating group) is 1. The second kappa shape index (κ2) is 8.32. The normalized spacial score (nSPS) is 11.9. The van der Waals surface area contributed by atoms with Gasteiger partial charge in [-0.1, -0.05) is 17.7 Å². The summed E-state index contributed by atoms with van der Waals surface area (Å²) in [5.74, 6) is -0.428. The zero-order valence-electron chi connectivity index (χ0n) is 15.7. The van der Waals surface area contributed by atoms with Gasteiger partial charge in [-0.15, -0.1) is 0 Å². The number of hydrogen-bond acceptors (Lipinski definition) is 5. The number of aryl methyl sites for hydroxylation is 3. The van der Waals surface area contributed by atoms with Crippen LogP contribution in [-0.4, -0.2) is 43.5 Å². The molecule has 0 aliphatic heterocycles. The number of phenols is 1. The number of aromatic hydroxyl groups is 1. The predicted molar refractivity (Wildman–Crippen MR) is 104 cm³/mol. The Morgan fingerprint density at radius 2 is 1.70 bits per heavy atom. The Balaban J connectivity index is 2.06. The lowest BCUT2D eigenvalue weighted by atomic mass is 10.1. The van der Waals surface area contributed by atoms with Crippen LogP contribution in [0.1, 0.15) is 22.3 Å². The largest absolute Gasteiger partial charge is 0.508 e. The van der Waals surface area contributed by atoms with Gasteiger partial charge < -0.3 is 5.11 Å². The zero-order valence-corrected chi connectivity index (χ0v) is 16.5. The molecule has 1 amide bonds. The highest BCUT2D eigenvalue weighted by Crippen LogP contribution is 2.24. The van der Waals surface area contributed by atoms with Crippen LogP contribution < -0.4 is 5.43 Å². The van der Waals surface area contributed by atoms with E-state index < -0.39 is 15.9 Å². The number of sulfonamides is 1. The molecule has 2 rings (SSSR count). The van der Waals surface area contributed by atoms with Crippen molar-refractivity contribution in [2.75, 3.05) is 13.6 Å². The summed E-state index contributed by atoms with van der Waals surface area (Å²) in [6.07, 6.45) is 1.40. The number of nitrogens with one attached hydrogen (secondary N) is 1. The minimum Gasteiger partial charge on any atom is -0.508 e. The third-order valence-corrected chi connectivity index (χ3v) is 6.04. The summed E-state index contributed by atoms with van der Waals surface area (Å²) >= 11 is 0. The smallest absolute Gasteiger partial charge is 0.255 e. The average molecular weight is 389 g/mol. The highest BCUT2D eigenvalue weighted by atomic mass is 32.2. The fourth-order valence-corrected chi connectivity index (χ4v) is 4.32. The Morgan fingerprint density at radius 1 is 1.15 bits per heavy atom. The van der Waals surface area contributed by atoms with Gasteiger partial charge in [0.1, 0.15) is 5.75 Å². The lowest BCUT2D eigenvalue weighted by Crippen LogP contribution is -2.37. The van der Waals surface area contributed by atoms with Crippen molar-refractivity contribution in [3.63, 3.8) is 0 Å². The highest BCUT2D eigenvalue weighted by molar-refractivity contribution is 7.89. The average Bonchev–Trinajstić information content (AvgIpc) is 2.55. The molecule has 2 aromatic carbocycles. The van der Waals surface area contributed by atoms with Crippen LogP contribution in [-0.2, 0) is 14.8 Å². The van der Waals surface area contributed by atoms with Gasteiger partial charge in [-0.25, -0.2) is 13.8 Å². The number of benzene rings is 2. The van der Waals surface area contributed by atoms with Crippen molar-refractivity contribution in [3.8, 4) is 5.75 Å². The molecule has 0 fully saturated rings. The standard InChI is InChI=1S/C19H23N3O4S/c1-13-9-14(2)19(15(3)10-13)27(25,26)22(4)12-18(24)21-20-11-16-5-7-17(23)8-6-16/h5-11,23H,12H2,1-4H3,(H,21,24)/b20-11-. The summed E-state index contributed by atoms with van der Waals surface area (Å²) in [5, 5.41) is 13.0. The van der Waals surface area contributed by atoms with Crippen LogP contribution in [0.2, 0.25) is 0 Å². The molecule has 0 aliphatic carbocycles. The van der Waals surface area contributed by atoms with E-state index in [1.165, 1.54) is 25.4 Å². The maximum atomic E-state index is 12.8. The minimum absolute atomic E-state index is 0.129. The van der Waals surface area contributed by atoms with Crippen molar-refractivity contribution in [1.82, 2.24) is 9.73 Å². The van der Waals surface area contributed by atoms with E-state index in [4.69, 9.17) is 0 Å². The quantitative estimate of drug-likeness (QED) is 0.584. The molecule has 0 saturated heterocycles. The maximum Gasteiger partial charge on any atom is 0.255 e. The van der Waals surface area contributed by atoms with Crippen LogP contribution in [0, 0.1) is 20.8 Å². The van der Waals surface area contributed by atoms with Gasteiger partial charge in [0, 0.05) is 7.05 Å². The molecule has 0 aromatic heterocycles. The Kier molecular flexibility index (Phi) is 6.35. The molecule has 7 nitrogen and oxygen atoms in total. The lowest BCUT2D eigenvalue weighted by Gasteiger charge is -2.19. The zero-order chi connectivity index (χ0) is 20.2. The highest BCUT2D eigenvalue weighted by Gasteiger charge is 2.26. The van der Waals surface area contributed by atoms with Crippen LogP contribution in [0.5, 0.6) is 5.75 Å². The first-order valence-electron chi connectivity index (χ1n) is 8.26. The van der Waals surface area contributed by atoms with Crippen LogP contribution >= 0.6 is 0 Å². The monoisotopic (exact) mass is 389 g/mol. The van der Waals surface area contributed by atoms with Gasteiger partial charge in [-0.2, -0.15) is 9.41 Å². The number of hydrazone groups is 1. The molecular weight excluding hydrogens is 366 g/mol. The number of carbonyl (C=O) groups excluding carboxylic acids is 1. The Labute approximate surface area is 159 Å². The first-order valence-corrected chi connectivity index (χ1v) is 9.70.